The number of hydrogen-bond donors (Lipinski definition) is 6. The van der Waals surface area contributed by atoms with Crippen LogP contribution in [0, 0.1) is 11.8 Å². The van der Waals surface area contributed by atoms with Gasteiger partial charge in [-0.1, -0.05) is 57.2 Å². The summed E-state index contributed by atoms with van der Waals surface area (Å²) in [6.07, 6.45) is -9.86. The highest BCUT2D eigenvalue weighted by Crippen LogP contribution is 2.37. The molecule has 2 saturated carbocycles. The quantitative estimate of drug-likeness (QED) is 0.171. The van der Waals surface area contributed by atoms with Crippen molar-refractivity contribution in [2.24, 2.45) is 11.8 Å². The van der Waals surface area contributed by atoms with E-state index in [4.69, 9.17) is 28.4 Å². The van der Waals surface area contributed by atoms with Gasteiger partial charge >= 0.3 is 11.9 Å². The normalized spacial score (nSPS) is 39.6. The maximum absolute atomic E-state index is 13.4. The standard InChI is InChI=1S/C35H52O14/c1-18-13-14-22(46-34-29(40)28(39)26(37)19(2)44-34)23(15-18)47-35-31(49-33(43)21-11-7-4-8-12-21)30(27(38)25(17-36)48-35)45-24(32(41)42)16-20-9-5-3-6-10-20/h4,7-8,11-12,18-20,22-31,34-40H,3,5-6,9-10,13-17H2,1-2H3,(H,41,42)/t18-,19+,22-,23-,24+,25-,26-,27+,28-,29+,30+,31-,34+,35-/m1/s1. The largest absolute Gasteiger partial charge is 0.479 e. The van der Waals surface area contributed by atoms with Crippen molar-refractivity contribution in [3.63, 3.8) is 0 Å². The number of carboxylic acids is 1. The minimum absolute atomic E-state index is 0.110. The minimum atomic E-state index is -1.58. The zero-order valence-corrected chi connectivity index (χ0v) is 28.1. The van der Waals surface area contributed by atoms with E-state index in [1.54, 1.807) is 37.3 Å². The molecule has 0 unspecified atom stereocenters. The van der Waals surface area contributed by atoms with Gasteiger partial charge in [-0.05, 0) is 56.6 Å². The zero-order chi connectivity index (χ0) is 35.2. The molecule has 0 aromatic heterocycles. The zero-order valence-electron chi connectivity index (χ0n) is 28.1. The van der Waals surface area contributed by atoms with Crippen molar-refractivity contribution in [3.05, 3.63) is 35.9 Å². The number of rotatable bonds is 12. The van der Waals surface area contributed by atoms with Gasteiger partial charge in [0.2, 0.25) is 0 Å². The molecular weight excluding hydrogens is 644 g/mol. The molecule has 14 nitrogen and oxygen atoms in total. The first kappa shape index (κ1) is 38.0. The summed E-state index contributed by atoms with van der Waals surface area (Å²) in [6.45, 7) is 2.90. The van der Waals surface area contributed by atoms with E-state index in [1.807, 2.05) is 6.92 Å². The summed E-state index contributed by atoms with van der Waals surface area (Å²) >= 11 is 0. The number of carbonyl (C=O) groups is 2. The molecule has 4 fully saturated rings. The molecule has 1 aromatic carbocycles. The molecule has 5 rings (SSSR count). The Labute approximate surface area is 286 Å². The van der Waals surface area contributed by atoms with Gasteiger partial charge in [0.05, 0.1) is 30.5 Å². The van der Waals surface area contributed by atoms with Crippen LogP contribution in [-0.2, 0) is 33.2 Å². The summed E-state index contributed by atoms with van der Waals surface area (Å²) in [5, 5.41) is 63.0. The van der Waals surface area contributed by atoms with Gasteiger partial charge in [-0.25, -0.2) is 9.59 Å². The molecule has 2 heterocycles. The number of aliphatic hydroxyl groups excluding tert-OH is 5. The van der Waals surface area contributed by atoms with Gasteiger partial charge in [-0.15, -0.1) is 0 Å². The van der Waals surface area contributed by atoms with E-state index in [0.717, 1.165) is 38.5 Å². The predicted molar refractivity (Wildman–Crippen MR) is 170 cm³/mol. The molecule has 2 aliphatic heterocycles. The van der Waals surface area contributed by atoms with Crippen molar-refractivity contribution >= 4 is 11.9 Å². The van der Waals surface area contributed by atoms with Crippen molar-refractivity contribution in [2.75, 3.05) is 6.61 Å². The fourth-order valence-corrected chi connectivity index (χ4v) is 7.40. The van der Waals surface area contributed by atoms with Gasteiger partial charge in [-0.3, -0.25) is 0 Å². The van der Waals surface area contributed by atoms with Crippen molar-refractivity contribution in [1.29, 1.82) is 0 Å². The first-order chi connectivity index (χ1) is 23.5. The van der Waals surface area contributed by atoms with Crippen molar-refractivity contribution < 1.29 is 68.6 Å². The molecule has 0 spiro atoms. The Hall–Kier alpha value is -2.24. The second kappa shape index (κ2) is 17.3. The van der Waals surface area contributed by atoms with Crippen LogP contribution in [0.3, 0.4) is 0 Å². The van der Waals surface area contributed by atoms with E-state index in [-0.39, 0.29) is 23.8 Å². The second-order valence-corrected chi connectivity index (χ2v) is 14.1. The molecule has 276 valence electrons. The van der Waals surface area contributed by atoms with E-state index < -0.39 is 98.3 Å². The van der Waals surface area contributed by atoms with Gasteiger partial charge in [0.1, 0.15) is 36.6 Å². The third-order valence-corrected chi connectivity index (χ3v) is 10.3. The fraction of sp³-hybridized carbons (Fsp3) is 0.771. The van der Waals surface area contributed by atoms with Crippen molar-refractivity contribution in [2.45, 2.75) is 151 Å². The minimum Gasteiger partial charge on any atom is -0.479 e. The van der Waals surface area contributed by atoms with Crippen molar-refractivity contribution in [1.82, 2.24) is 0 Å². The molecule has 14 heteroatoms. The van der Waals surface area contributed by atoms with Gasteiger partial charge in [0, 0.05) is 0 Å². The fourth-order valence-electron chi connectivity index (χ4n) is 7.40. The lowest BCUT2D eigenvalue weighted by molar-refractivity contribution is -0.345. The van der Waals surface area contributed by atoms with E-state index in [9.17, 15) is 40.2 Å². The molecule has 6 N–H and O–H groups in total. The van der Waals surface area contributed by atoms with Crippen LogP contribution in [0.15, 0.2) is 30.3 Å². The molecule has 0 bridgehead atoms. The van der Waals surface area contributed by atoms with Crippen LogP contribution in [0.2, 0.25) is 0 Å². The summed E-state index contributed by atoms with van der Waals surface area (Å²) in [6, 6.07) is 8.13. The Morgan fingerprint density at radius 1 is 0.816 bits per heavy atom. The van der Waals surface area contributed by atoms with Crippen molar-refractivity contribution in [3.8, 4) is 0 Å². The number of benzene rings is 1. The first-order valence-corrected chi connectivity index (χ1v) is 17.6. The Morgan fingerprint density at radius 3 is 2.18 bits per heavy atom. The smallest absolute Gasteiger partial charge is 0.338 e. The van der Waals surface area contributed by atoms with Gasteiger partial charge in [-0.2, -0.15) is 0 Å². The number of carboxylic acid groups (broad SMARTS) is 1. The van der Waals surface area contributed by atoms with Gasteiger partial charge in [0.25, 0.3) is 0 Å². The van der Waals surface area contributed by atoms with Crippen LogP contribution in [0.5, 0.6) is 0 Å². The Kier molecular flexibility index (Phi) is 13.4. The van der Waals surface area contributed by atoms with E-state index in [1.165, 1.54) is 0 Å². The lowest BCUT2D eigenvalue weighted by Crippen LogP contribution is -2.63. The first-order valence-electron chi connectivity index (χ1n) is 17.6. The Bertz CT molecular complexity index is 1200. The average molecular weight is 697 g/mol. The number of hydrogen-bond acceptors (Lipinski definition) is 13. The van der Waals surface area contributed by atoms with Gasteiger partial charge in [0.15, 0.2) is 24.8 Å². The third-order valence-electron chi connectivity index (χ3n) is 10.3. The number of aliphatic carboxylic acids is 1. The van der Waals surface area contributed by atoms with Gasteiger partial charge < -0.3 is 59.1 Å². The molecule has 2 saturated heterocycles. The highest BCUT2D eigenvalue weighted by atomic mass is 16.7. The molecular formula is C35H52O14. The number of aliphatic hydroxyl groups is 5. The lowest BCUT2D eigenvalue weighted by Gasteiger charge is -2.47. The predicted octanol–water partition coefficient (Wildman–Crippen LogP) is 1.52. The Morgan fingerprint density at radius 2 is 1.51 bits per heavy atom. The number of esters is 1. The monoisotopic (exact) mass is 696 g/mol. The molecule has 0 radical (unpaired) electrons. The van der Waals surface area contributed by atoms with Crippen LogP contribution in [0.4, 0.5) is 0 Å². The second-order valence-electron chi connectivity index (χ2n) is 14.1. The molecule has 2 aliphatic carbocycles. The SMILES string of the molecule is C[C@@H]1CC[C@@H](O[C@@H]2O[C@@H](C)[C@@H](O)[C@@H](O)[C@@H]2O)[C@H](O[C@@H]2O[C@H](CO)[C@H](O)[C@H](O[C@@H](CC3CCCCC3)C(=O)O)[C@H]2OC(=O)c2ccccc2)C1. The lowest BCUT2D eigenvalue weighted by atomic mass is 9.85. The number of carbonyl (C=O) groups excluding carboxylic acids is 1. The van der Waals surface area contributed by atoms with Crippen LogP contribution >= 0.6 is 0 Å². The summed E-state index contributed by atoms with van der Waals surface area (Å²) in [5.74, 6) is -1.74. The summed E-state index contributed by atoms with van der Waals surface area (Å²) < 4.78 is 36.5. The molecule has 14 atom stereocenters. The van der Waals surface area contributed by atoms with Crippen LogP contribution in [-0.4, -0.2) is 129 Å². The van der Waals surface area contributed by atoms with Crippen LogP contribution in [0.1, 0.15) is 82.0 Å². The van der Waals surface area contributed by atoms with E-state index >= 15 is 0 Å². The average Bonchev–Trinajstić information content (AvgIpc) is 3.10. The van der Waals surface area contributed by atoms with E-state index in [0.29, 0.717) is 12.8 Å². The highest BCUT2D eigenvalue weighted by molar-refractivity contribution is 5.89. The maximum atomic E-state index is 13.4. The maximum Gasteiger partial charge on any atom is 0.338 e. The topological polar surface area (TPSA) is 211 Å². The molecule has 1 aromatic rings. The van der Waals surface area contributed by atoms with Crippen LogP contribution in [0.25, 0.3) is 0 Å². The number of ether oxygens (including phenoxy) is 6. The summed E-state index contributed by atoms with van der Waals surface area (Å²) in [7, 11) is 0. The van der Waals surface area contributed by atoms with E-state index in [2.05, 4.69) is 0 Å². The Balaban J connectivity index is 1.42. The molecule has 49 heavy (non-hydrogen) atoms. The summed E-state index contributed by atoms with van der Waals surface area (Å²) in [4.78, 5) is 26.0. The third kappa shape index (κ3) is 9.36. The summed E-state index contributed by atoms with van der Waals surface area (Å²) in [5.41, 5.74) is 0.196. The highest BCUT2D eigenvalue weighted by Gasteiger charge is 2.52. The molecule has 0 amide bonds. The van der Waals surface area contributed by atoms with Crippen LogP contribution < -0.4 is 0 Å². The molecule has 4 aliphatic rings.